The first kappa shape index (κ1) is 17.2. The minimum atomic E-state index is -0.533. The van der Waals surface area contributed by atoms with Crippen molar-refractivity contribution in [1.82, 2.24) is 10.2 Å². The molecule has 3 rings (SSSR count). The number of nitrogens with zero attached hydrogens (tertiary/aromatic N) is 1. The van der Waals surface area contributed by atoms with Crippen LogP contribution in [0.1, 0.15) is 34.3 Å². The van der Waals surface area contributed by atoms with Crippen LogP contribution in [-0.2, 0) is 11.2 Å². The van der Waals surface area contributed by atoms with Gasteiger partial charge in [-0.05, 0) is 37.5 Å². The number of benzene rings is 2. The monoisotopic (exact) mass is 336 g/mol. The van der Waals surface area contributed by atoms with Crippen LogP contribution < -0.4 is 5.32 Å². The number of likely N-dealkylation sites (tertiary alicyclic amines) is 1. The highest BCUT2D eigenvalue weighted by molar-refractivity contribution is 5.97. The SMILES string of the molecule is Cc1ccc(C(=O)NC(Cc2ccccc2)C(=O)N2CCCC2)cc1. The zero-order valence-electron chi connectivity index (χ0n) is 14.6. The molecule has 2 aromatic carbocycles. The molecule has 0 aliphatic carbocycles. The van der Waals surface area contributed by atoms with Gasteiger partial charge in [0.05, 0.1) is 0 Å². The van der Waals surface area contributed by atoms with Gasteiger partial charge in [-0.3, -0.25) is 9.59 Å². The minimum absolute atomic E-state index is 0.0156. The number of aryl methyl sites for hydroxylation is 1. The van der Waals surface area contributed by atoms with Gasteiger partial charge >= 0.3 is 0 Å². The Morgan fingerprint density at radius 2 is 1.64 bits per heavy atom. The molecule has 4 heteroatoms. The number of rotatable bonds is 5. The van der Waals surface area contributed by atoms with Crippen molar-refractivity contribution in [3.63, 3.8) is 0 Å². The Balaban J connectivity index is 1.76. The number of hydrogen-bond acceptors (Lipinski definition) is 2. The predicted molar refractivity (Wildman–Crippen MR) is 98.4 cm³/mol. The van der Waals surface area contributed by atoms with E-state index in [1.54, 1.807) is 12.1 Å². The van der Waals surface area contributed by atoms with Crippen molar-refractivity contribution < 1.29 is 9.59 Å². The van der Waals surface area contributed by atoms with Crippen molar-refractivity contribution in [3.05, 3.63) is 71.3 Å². The number of nitrogens with one attached hydrogen (secondary N) is 1. The van der Waals surface area contributed by atoms with Crippen LogP contribution in [0.4, 0.5) is 0 Å². The molecule has 0 aromatic heterocycles. The van der Waals surface area contributed by atoms with Crippen molar-refractivity contribution >= 4 is 11.8 Å². The fraction of sp³-hybridized carbons (Fsp3) is 0.333. The fourth-order valence-electron chi connectivity index (χ4n) is 3.15. The molecular formula is C21H24N2O2. The molecule has 0 spiro atoms. The molecule has 25 heavy (non-hydrogen) atoms. The molecule has 4 nitrogen and oxygen atoms in total. The zero-order valence-corrected chi connectivity index (χ0v) is 14.6. The summed E-state index contributed by atoms with van der Waals surface area (Å²) in [4.78, 5) is 27.3. The second-order valence-corrected chi connectivity index (χ2v) is 6.61. The molecular weight excluding hydrogens is 312 g/mol. The van der Waals surface area contributed by atoms with Crippen molar-refractivity contribution in [2.45, 2.75) is 32.2 Å². The van der Waals surface area contributed by atoms with Gasteiger partial charge < -0.3 is 10.2 Å². The van der Waals surface area contributed by atoms with Crippen LogP contribution in [0.3, 0.4) is 0 Å². The molecule has 2 amide bonds. The van der Waals surface area contributed by atoms with E-state index in [-0.39, 0.29) is 11.8 Å². The van der Waals surface area contributed by atoms with Crippen molar-refractivity contribution in [3.8, 4) is 0 Å². The molecule has 1 N–H and O–H groups in total. The van der Waals surface area contributed by atoms with Gasteiger partial charge in [-0.2, -0.15) is 0 Å². The van der Waals surface area contributed by atoms with Crippen LogP contribution in [-0.4, -0.2) is 35.8 Å². The third-order valence-electron chi connectivity index (χ3n) is 4.62. The van der Waals surface area contributed by atoms with E-state index in [4.69, 9.17) is 0 Å². The summed E-state index contributed by atoms with van der Waals surface area (Å²) in [6.07, 6.45) is 2.58. The molecule has 130 valence electrons. The number of hydrogen-bond donors (Lipinski definition) is 1. The standard InChI is InChI=1S/C21H24N2O2/c1-16-9-11-18(12-10-16)20(24)22-19(15-17-7-3-2-4-8-17)21(25)23-13-5-6-14-23/h2-4,7-12,19H,5-6,13-15H2,1H3,(H,22,24). The average molecular weight is 336 g/mol. The van der Waals surface area contributed by atoms with E-state index in [1.165, 1.54) is 0 Å². The van der Waals surface area contributed by atoms with E-state index in [1.807, 2.05) is 54.3 Å². The summed E-state index contributed by atoms with van der Waals surface area (Å²) < 4.78 is 0. The summed E-state index contributed by atoms with van der Waals surface area (Å²) >= 11 is 0. The van der Waals surface area contributed by atoms with Crippen LogP contribution in [0.25, 0.3) is 0 Å². The Bertz CT molecular complexity index is 719. The number of carbonyl (C=O) groups is 2. The second kappa shape index (κ2) is 7.97. The maximum Gasteiger partial charge on any atom is 0.251 e. The van der Waals surface area contributed by atoms with Crippen molar-refractivity contribution in [2.24, 2.45) is 0 Å². The van der Waals surface area contributed by atoms with Gasteiger partial charge in [0.2, 0.25) is 5.91 Å². The smallest absolute Gasteiger partial charge is 0.251 e. The lowest BCUT2D eigenvalue weighted by molar-refractivity contribution is -0.132. The average Bonchev–Trinajstić information content (AvgIpc) is 3.16. The van der Waals surface area contributed by atoms with Gasteiger partial charge in [-0.1, -0.05) is 48.0 Å². The van der Waals surface area contributed by atoms with E-state index in [0.29, 0.717) is 12.0 Å². The largest absolute Gasteiger partial charge is 0.341 e. The minimum Gasteiger partial charge on any atom is -0.341 e. The topological polar surface area (TPSA) is 49.4 Å². The highest BCUT2D eigenvalue weighted by atomic mass is 16.2. The second-order valence-electron chi connectivity index (χ2n) is 6.61. The van der Waals surface area contributed by atoms with Gasteiger partial charge in [0, 0.05) is 25.1 Å². The zero-order chi connectivity index (χ0) is 17.6. The first-order valence-electron chi connectivity index (χ1n) is 8.84. The molecule has 1 unspecified atom stereocenters. The first-order chi connectivity index (χ1) is 12.1. The van der Waals surface area contributed by atoms with E-state index in [0.717, 1.165) is 37.1 Å². The molecule has 1 aliphatic heterocycles. The van der Waals surface area contributed by atoms with Crippen LogP contribution in [0.5, 0.6) is 0 Å². The van der Waals surface area contributed by atoms with Gasteiger partial charge in [0.15, 0.2) is 0 Å². The highest BCUT2D eigenvalue weighted by Crippen LogP contribution is 2.13. The Morgan fingerprint density at radius 3 is 2.28 bits per heavy atom. The maximum absolute atomic E-state index is 12.9. The Labute approximate surface area is 148 Å². The molecule has 1 aliphatic rings. The van der Waals surface area contributed by atoms with Crippen LogP contribution in [0.2, 0.25) is 0 Å². The van der Waals surface area contributed by atoms with Crippen LogP contribution in [0.15, 0.2) is 54.6 Å². The summed E-state index contributed by atoms with van der Waals surface area (Å²) in [5.41, 5.74) is 2.73. The predicted octanol–water partition coefficient (Wildman–Crippen LogP) is 2.96. The number of amides is 2. The quantitative estimate of drug-likeness (QED) is 0.912. The van der Waals surface area contributed by atoms with E-state index < -0.39 is 6.04 Å². The van der Waals surface area contributed by atoms with Gasteiger partial charge in [-0.25, -0.2) is 0 Å². The third-order valence-corrected chi connectivity index (χ3v) is 4.62. The molecule has 0 saturated carbocycles. The molecule has 1 atom stereocenters. The van der Waals surface area contributed by atoms with Crippen molar-refractivity contribution in [2.75, 3.05) is 13.1 Å². The molecule has 1 fully saturated rings. The van der Waals surface area contributed by atoms with Gasteiger partial charge in [-0.15, -0.1) is 0 Å². The maximum atomic E-state index is 12.9. The Hall–Kier alpha value is -2.62. The lowest BCUT2D eigenvalue weighted by Gasteiger charge is -2.24. The molecule has 0 bridgehead atoms. The molecule has 2 aromatic rings. The van der Waals surface area contributed by atoms with E-state index in [9.17, 15) is 9.59 Å². The molecule has 1 heterocycles. The summed E-state index contributed by atoms with van der Waals surface area (Å²) in [6.45, 7) is 3.55. The normalized spacial score (nSPS) is 15.0. The number of carbonyl (C=O) groups excluding carboxylic acids is 2. The van der Waals surface area contributed by atoms with Crippen molar-refractivity contribution in [1.29, 1.82) is 0 Å². The van der Waals surface area contributed by atoms with E-state index in [2.05, 4.69) is 5.32 Å². The fourth-order valence-corrected chi connectivity index (χ4v) is 3.15. The Morgan fingerprint density at radius 1 is 1.00 bits per heavy atom. The lowest BCUT2D eigenvalue weighted by Crippen LogP contribution is -2.49. The Kier molecular flexibility index (Phi) is 5.49. The third kappa shape index (κ3) is 4.47. The summed E-state index contributed by atoms with van der Waals surface area (Å²) in [5.74, 6) is -0.185. The van der Waals surface area contributed by atoms with Crippen LogP contribution >= 0.6 is 0 Å². The van der Waals surface area contributed by atoms with Gasteiger partial charge in [0.25, 0.3) is 5.91 Å². The first-order valence-corrected chi connectivity index (χ1v) is 8.84. The molecule has 0 radical (unpaired) electrons. The highest BCUT2D eigenvalue weighted by Gasteiger charge is 2.28. The molecule has 1 saturated heterocycles. The lowest BCUT2D eigenvalue weighted by atomic mass is 10.0. The summed E-state index contributed by atoms with van der Waals surface area (Å²) in [7, 11) is 0. The summed E-state index contributed by atoms with van der Waals surface area (Å²) in [5, 5.41) is 2.95. The van der Waals surface area contributed by atoms with Crippen LogP contribution in [0, 0.1) is 6.92 Å². The van der Waals surface area contributed by atoms with Gasteiger partial charge in [0.1, 0.15) is 6.04 Å². The van der Waals surface area contributed by atoms with E-state index >= 15 is 0 Å². The summed E-state index contributed by atoms with van der Waals surface area (Å²) in [6, 6.07) is 16.7.